The van der Waals surface area contributed by atoms with Gasteiger partial charge in [0.25, 0.3) is 0 Å². The molecule has 1 atom stereocenters. The zero-order chi connectivity index (χ0) is 21.9. The van der Waals surface area contributed by atoms with E-state index in [0.717, 1.165) is 69.4 Å². The zero-order valence-corrected chi connectivity index (χ0v) is 18.3. The number of carboxylic acids is 1. The Morgan fingerprint density at radius 2 is 1.45 bits per heavy atom. The van der Waals surface area contributed by atoms with Crippen molar-refractivity contribution in [2.75, 3.05) is 24.5 Å². The zero-order valence-electron chi connectivity index (χ0n) is 18.3. The van der Waals surface area contributed by atoms with E-state index in [1.54, 1.807) is 0 Å². The molecule has 166 valence electrons. The van der Waals surface area contributed by atoms with Gasteiger partial charge in [0, 0.05) is 24.3 Å². The van der Waals surface area contributed by atoms with Gasteiger partial charge in [-0.15, -0.1) is 0 Å². The lowest BCUT2D eigenvalue weighted by Crippen LogP contribution is -2.39. The van der Waals surface area contributed by atoms with Gasteiger partial charge in [-0.1, -0.05) is 55.7 Å². The van der Waals surface area contributed by atoms with Crippen molar-refractivity contribution < 1.29 is 14.7 Å². The molecule has 31 heavy (non-hydrogen) atoms. The van der Waals surface area contributed by atoms with E-state index in [1.165, 1.54) is 0 Å². The number of carboxylic acid groups (broad SMARTS) is 1. The summed E-state index contributed by atoms with van der Waals surface area (Å²) >= 11 is 0. The lowest BCUT2D eigenvalue weighted by atomic mass is 9.98. The third-order valence-electron chi connectivity index (χ3n) is 6.00. The number of piperidine rings is 1. The molecule has 1 aliphatic heterocycles. The first kappa shape index (κ1) is 23.0. The summed E-state index contributed by atoms with van der Waals surface area (Å²) in [5.41, 5.74) is 1.81. The molecule has 0 spiro atoms. The molecule has 2 aromatic rings. The Bertz CT molecular complexity index is 770. The number of nitrogens with zero attached hydrogens (tertiary/aromatic N) is 2. The van der Waals surface area contributed by atoms with E-state index in [4.69, 9.17) is 0 Å². The molecule has 1 fully saturated rings. The Hall–Kier alpha value is -2.66. The van der Waals surface area contributed by atoms with E-state index < -0.39 is 5.97 Å². The van der Waals surface area contributed by atoms with E-state index in [0.29, 0.717) is 13.0 Å². The fourth-order valence-corrected chi connectivity index (χ4v) is 4.31. The molecule has 1 saturated heterocycles. The fourth-order valence-electron chi connectivity index (χ4n) is 4.31. The summed E-state index contributed by atoms with van der Waals surface area (Å²) in [5, 5.41) is 9.20. The van der Waals surface area contributed by atoms with Gasteiger partial charge in [0.1, 0.15) is 0 Å². The van der Waals surface area contributed by atoms with Crippen LogP contribution in [-0.4, -0.2) is 41.5 Å². The second kappa shape index (κ2) is 12.3. The predicted molar refractivity (Wildman–Crippen MR) is 125 cm³/mol. The Balaban J connectivity index is 1.37. The molecule has 1 amide bonds. The molecule has 5 nitrogen and oxygen atoms in total. The number of aliphatic carboxylic acids is 1. The van der Waals surface area contributed by atoms with Gasteiger partial charge in [0.05, 0.1) is 5.92 Å². The highest BCUT2D eigenvalue weighted by Crippen LogP contribution is 2.26. The molecule has 0 radical (unpaired) electrons. The van der Waals surface area contributed by atoms with Crippen LogP contribution in [0.3, 0.4) is 0 Å². The number of unbranched alkanes of at least 4 members (excludes halogenated alkanes) is 4. The average Bonchev–Trinajstić information content (AvgIpc) is 2.80. The highest BCUT2D eigenvalue weighted by Gasteiger charge is 2.24. The van der Waals surface area contributed by atoms with Crippen LogP contribution in [-0.2, 0) is 9.59 Å². The summed E-state index contributed by atoms with van der Waals surface area (Å²) in [6.07, 6.45) is 7.60. The fraction of sp³-hybridized carbons (Fsp3) is 0.462. The van der Waals surface area contributed by atoms with Gasteiger partial charge in [-0.2, -0.15) is 0 Å². The number of rotatable bonds is 11. The molecule has 0 bridgehead atoms. The Kier molecular flexibility index (Phi) is 9.10. The van der Waals surface area contributed by atoms with Gasteiger partial charge in [-0.05, 0) is 63.0 Å². The average molecular weight is 423 g/mol. The third kappa shape index (κ3) is 7.21. The summed E-state index contributed by atoms with van der Waals surface area (Å²) in [4.78, 5) is 28.3. The largest absolute Gasteiger partial charge is 0.481 e. The Morgan fingerprint density at radius 3 is 2.06 bits per heavy atom. The quantitative estimate of drug-likeness (QED) is 0.487. The van der Waals surface area contributed by atoms with Gasteiger partial charge in [-0.3, -0.25) is 14.5 Å². The number of likely N-dealkylation sites (tertiary alicyclic amines) is 1. The normalized spacial score (nSPS) is 16.7. The Morgan fingerprint density at radius 1 is 0.871 bits per heavy atom. The van der Waals surface area contributed by atoms with Gasteiger partial charge in [0.2, 0.25) is 5.91 Å². The Labute approximate surface area is 185 Å². The van der Waals surface area contributed by atoms with Crippen LogP contribution >= 0.6 is 0 Å². The van der Waals surface area contributed by atoms with Gasteiger partial charge >= 0.3 is 5.97 Å². The SMILES string of the molecule is O=C(O)[C@@H]1CCCN(CCCCCCCC(=O)N(c2ccccc2)c2ccccc2)C1. The van der Waals surface area contributed by atoms with Crippen molar-refractivity contribution in [3.63, 3.8) is 0 Å². The lowest BCUT2D eigenvalue weighted by Gasteiger charge is -2.30. The topological polar surface area (TPSA) is 60.9 Å². The molecular formula is C26H34N2O3. The van der Waals surface area contributed by atoms with Crippen LogP contribution in [0.2, 0.25) is 0 Å². The number of carbonyl (C=O) groups excluding carboxylic acids is 1. The molecule has 1 N–H and O–H groups in total. The standard InChI is InChI=1S/C26H34N2O3/c29-25(28(23-14-6-4-7-15-23)24-16-8-5-9-17-24)18-10-2-1-3-11-19-27-20-12-13-22(21-27)26(30)31/h4-9,14-17,22H,1-3,10-13,18-21H2,(H,30,31)/t22-/m1/s1. The highest BCUT2D eigenvalue weighted by atomic mass is 16.4. The number of para-hydroxylation sites is 2. The number of anilines is 2. The van der Waals surface area contributed by atoms with Crippen LogP contribution in [0.1, 0.15) is 51.4 Å². The van der Waals surface area contributed by atoms with Crippen molar-refractivity contribution >= 4 is 23.3 Å². The molecular weight excluding hydrogens is 388 g/mol. The molecule has 0 unspecified atom stereocenters. The minimum atomic E-state index is -0.658. The summed E-state index contributed by atoms with van der Waals surface area (Å²) < 4.78 is 0. The van der Waals surface area contributed by atoms with E-state index >= 15 is 0 Å². The minimum absolute atomic E-state index is 0.130. The lowest BCUT2D eigenvalue weighted by molar-refractivity contribution is -0.143. The van der Waals surface area contributed by atoms with Gasteiger partial charge in [0.15, 0.2) is 0 Å². The number of hydrogen-bond acceptors (Lipinski definition) is 3. The summed E-state index contributed by atoms with van der Waals surface area (Å²) in [6, 6.07) is 19.6. The maximum absolute atomic E-state index is 13.0. The summed E-state index contributed by atoms with van der Waals surface area (Å²) in [7, 11) is 0. The number of carbonyl (C=O) groups is 2. The van der Waals surface area contributed by atoms with Crippen LogP contribution in [0.25, 0.3) is 0 Å². The van der Waals surface area contributed by atoms with Gasteiger partial charge in [-0.25, -0.2) is 0 Å². The second-order valence-corrected chi connectivity index (χ2v) is 8.40. The monoisotopic (exact) mass is 422 g/mol. The van der Waals surface area contributed by atoms with E-state index in [9.17, 15) is 14.7 Å². The van der Waals surface area contributed by atoms with Crippen molar-refractivity contribution in [2.24, 2.45) is 5.92 Å². The van der Waals surface area contributed by atoms with Crippen LogP contribution in [0.5, 0.6) is 0 Å². The summed E-state index contributed by atoms with van der Waals surface area (Å²) in [5.74, 6) is -0.725. The maximum Gasteiger partial charge on any atom is 0.307 e. The number of amides is 1. The molecule has 1 aliphatic rings. The van der Waals surface area contributed by atoms with E-state index in [1.807, 2.05) is 65.6 Å². The molecule has 0 aliphatic carbocycles. The first-order valence-electron chi connectivity index (χ1n) is 11.5. The van der Waals surface area contributed by atoms with Gasteiger partial charge < -0.3 is 10.0 Å². The van der Waals surface area contributed by atoms with Crippen molar-refractivity contribution in [3.8, 4) is 0 Å². The van der Waals surface area contributed by atoms with Crippen LogP contribution in [0.15, 0.2) is 60.7 Å². The molecule has 0 aromatic heterocycles. The van der Waals surface area contributed by atoms with Crippen LogP contribution < -0.4 is 4.90 Å². The van der Waals surface area contributed by atoms with Crippen LogP contribution in [0, 0.1) is 5.92 Å². The first-order chi connectivity index (χ1) is 15.1. The van der Waals surface area contributed by atoms with Crippen molar-refractivity contribution in [1.29, 1.82) is 0 Å². The smallest absolute Gasteiger partial charge is 0.307 e. The van der Waals surface area contributed by atoms with Crippen molar-refractivity contribution in [3.05, 3.63) is 60.7 Å². The van der Waals surface area contributed by atoms with E-state index in [2.05, 4.69) is 4.90 Å². The first-order valence-corrected chi connectivity index (χ1v) is 11.5. The molecule has 2 aromatic carbocycles. The minimum Gasteiger partial charge on any atom is -0.481 e. The molecule has 3 rings (SSSR count). The van der Waals surface area contributed by atoms with Crippen molar-refractivity contribution in [2.45, 2.75) is 51.4 Å². The molecule has 1 heterocycles. The predicted octanol–water partition coefficient (Wildman–Crippen LogP) is 5.49. The van der Waals surface area contributed by atoms with Crippen molar-refractivity contribution in [1.82, 2.24) is 4.90 Å². The molecule has 0 saturated carbocycles. The van der Waals surface area contributed by atoms with Crippen LogP contribution in [0.4, 0.5) is 11.4 Å². The molecule has 5 heteroatoms. The number of benzene rings is 2. The van der Waals surface area contributed by atoms with E-state index in [-0.39, 0.29) is 11.8 Å². The second-order valence-electron chi connectivity index (χ2n) is 8.40. The maximum atomic E-state index is 13.0. The third-order valence-corrected chi connectivity index (χ3v) is 6.00. The number of hydrogen-bond donors (Lipinski definition) is 1. The summed E-state index contributed by atoms with van der Waals surface area (Å²) in [6.45, 7) is 2.70. The highest BCUT2D eigenvalue weighted by molar-refractivity contribution is 6.00.